The Morgan fingerprint density at radius 1 is 1.11 bits per heavy atom. The molecule has 3 aromatic rings. The summed E-state index contributed by atoms with van der Waals surface area (Å²) < 4.78 is 6.09. The van der Waals surface area contributed by atoms with Gasteiger partial charge in [-0.25, -0.2) is 5.01 Å². The zero-order valence-electron chi connectivity index (χ0n) is 14.5. The Bertz CT molecular complexity index is 1080. The molecule has 0 amide bonds. The predicted octanol–water partition coefficient (Wildman–Crippen LogP) is 5.81. The highest BCUT2D eigenvalue weighted by molar-refractivity contribution is 7.12. The Labute approximate surface area is 176 Å². The summed E-state index contributed by atoms with van der Waals surface area (Å²) in [5, 5.41) is 9.78. The van der Waals surface area contributed by atoms with Crippen molar-refractivity contribution in [2.45, 2.75) is 18.7 Å². The molecule has 0 unspecified atom stereocenters. The number of fused-ring (bicyclic) bond motifs is 3. The zero-order chi connectivity index (χ0) is 19.3. The quantitative estimate of drug-likeness (QED) is 0.494. The molecule has 140 valence electrons. The Kier molecular flexibility index (Phi) is 4.38. The molecular formula is C21H14Cl2N2O2S. The van der Waals surface area contributed by atoms with Gasteiger partial charge in [0.15, 0.2) is 0 Å². The molecule has 5 rings (SSSR count). The Hall–Kier alpha value is -2.34. The van der Waals surface area contributed by atoms with Crippen LogP contribution in [0.15, 0.2) is 65.1 Å². The second-order valence-electron chi connectivity index (χ2n) is 6.65. The third-order valence-corrected chi connectivity index (χ3v) is 6.32. The number of halogens is 2. The molecule has 28 heavy (non-hydrogen) atoms. The molecule has 2 aliphatic rings. The number of hydrogen-bond donors (Lipinski definition) is 0. The van der Waals surface area contributed by atoms with E-state index in [2.05, 4.69) is 0 Å². The van der Waals surface area contributed by atoms with Gasteiger partial charge in [0.2, 0.25) is 5.78 Å². The summed E-state index contributed by atoms with van der Waals surface area (Å²) in [6, 6.07) is 16.2. The molecule has 0 saturated heterocycles. The number of benzene rings is 2. The number of thiophene rings is 1. The first-order chi connectivity index (χ1) is 13.6. The van der Waals surface area contributed by atoms with Gasteiger partial charge in [-0.2, -0.15) is 5.10 Å². The van der Waals surface area contributed by atoms with Gasteiger partial charge in [-0.1, -0.05) is 29.3 Å². The van der Waals surface area contributed by atoms with Crippen LogP contribution in [0.25, 0.3) is 0 Å². The number of hydrogen-bond acceptors (Lipinski definition) is 5. The fourth-order valence-corrected chi connectivity index (χ4v) is 4.61. The average Bonchev–Trinajstić information content (AvgIpc) is 3.37. The van der Waals surface area contributed by atoms with Gasteiger partial charge >= 0.3 is 0 Å². The number of carbonyl (C=O) groups excluding carboxylic acids is 1. The van der Waals surface area contributed by atoms with E-state index in [-0.39, 0.29) is 11.8 Å². The summed E-state index contributed by atoms with van der Waals surface area (Å²) in [7, 11) is 0. The van der Waals surface area contributed by atoms with Crippen LogP contribution in [0.1, 0.15) is 33.3 Å². The molecular weight excluding hydrogens is 415 g/mol. The summed E-state index contributed by atoms with van der Waals surface area (Å²) in [5.41, 5.74) is 2.43. The van der Waals surface area contributed by atoms with E-state index in [1.807, 2.05) is 29.6 Å². The van der Waals surface area contributed by atoms with Gasteiger partial charge in [0.1, 0.15) is 5.75 Å². The average molecular weight is 429 g/mol. The molecule has 0 N–H and O–H groups in total. The lowest BCUT2D eigenvalue weighted by molar-refractivity contribution is -0.00454. The first kappa shape index (κ1) is 17.7. The molecule has 0 spiro atoms. The van der Waals surface area contributed by atoms with Crippen molar-refractivity contribution in [2.24, 2.45) is 5.10 Å². The minimum absolute atomic E-state index is 0.0965. The van der Waals surface area contributed by atoms with Crippen molar-refractivity contribution < 1.29 is 9.53 Å². The Morgan fingerprint density at radius 2 is 1.89 bits per heavy atom. The van der Waals surface area contributed by atoms with Gasteiger partial charge in [0.05, 0.1) is 16.6 Å². The zero-order valence-corrected chi connectivity index (χ0v) is 16.8. The van der Waals surface area contributed by atoms with Crippen molar-refractivity contribution in [1.82, 2.24) is 5.01 Å². The summed E-state index contributed by atoms with van der Waals surface area (Å²) in [4.78, 5) is 14.3. The van der Waals surface area contributed by atoms with E-state index >= 15 is 0 Å². The first-order valence-corrected chi connectivity index (χ1v) is 10.4. The fraction of sp³-hybridized carbons (Fsp3) is 0.143. The van der Waals surface area contributed by atoms with Crippen molar-refractivity contribution in [3.8, 4) is 5.75 Å². The number of nitrogens with zero attached hydrogens (tertiary/aromatic N) is 2. The molecule has 1 aromatic heterocycles. The molecule has 2 atom stereocenters. The van der Waals surface area contributed by atoms with Crippen molar-refractivity contribution in [3.63, 3.8) is 0 Å². The predicted molar refractivity (Wildman–Crippen MR) is 112 cm³/mol. The number of ketones is 1. The van der Waals surface area contributed by atoms with E-state index in [9.17, 15) is 4.79 Å². The minimum atomic E-state index is -0.836. The number of carbonyl (C=O) groups is 1. The molecule has 4 nitrogen and oxygen atoms in total. The molecule has 0 radical (unpaired) electrons. The van der Waals surface area contributed by atoms with E-state index < -0.39 is 6.23 Å². The summed E-state index contributed by atoms with van der Waals surface area (Å²) in [6.45, 7) is 0. The normalized spacial score (nSPS) is 20.2. The van der Waals surface area contributed by atoms with Crippen molar-refractivity contribution in [3.05, 3.63) is 86.0 Å². The van der Waals surface area contributed by atoms with Crippen molar-refractivity contribution >= 4 is 46.0 Å². The van der Waals surface area contributed by atoms with Crippen LogP contribution < -0.4 is 4.74 Å². The summed E-state index contributed by atoms with van der Waals surface area (Å²) in [6.07, 6.45) is -0.140. The molecule has 2 aliphatic heterocycles. The maximum Gasteiger partial charge on any atom is 0.251 e. The van der Waals surface area contributed by atoms with Crippen molar-refractivity contribution in [2.75, 3.05) is 0 Å². The molecule has 2 aromatic carbocycles. The van der Waals surface area contributed by atoms with Gasteiger partial charge in [-0.15, -0.1) is 11.3 Å². The smallest absolute Gasteiger partial charge is 0.251 e. The molecule has 0 bridgehead atoms. The monoisotopic (exact) mass is 428 g/mol. The van der Waals surface area contributed by atoms with E-state index in [4.69, 9.17) is 33.0 Å². The standard InChI is InChI=1S/C21H14Cl2N2O2S/c22-13-5-3-12(4-6-13)20(26)21-25-17(11-16(24-25)19-2-1-9-28-19)15-10-14(23)7-8-18(15)27-21/h1-10,17,21H,11H2/t17-,21-/m1/s1. The van der Waals surface area contributed by atoms with Gasteiger partial charge in [-0.3, -0.25) is 4.79 Å². The summed E-state index contributed by atoms with van der Waals surface area (Å²) >= 11 is 13.8. The van der Waals surface area contributed by atoms with Crippen LogP contribution >= 0.6 is 34.5 Å². The van der Waals surface area contributed by atoms with Crippen LogP contribution in [0.2, 0.25) is 10.0 Å². The van der Waals surface area contributed by atoms with E-state index in [0.717, 1.165) is 16.2 Å². The van der Waals surface area contributed by atoms with Crippen LogP contribution in [0.5, 0.6) is 5.75 Å². The number of Topliss-reactive ketones (excluding diaryl/α,β-unsaturated/α-hetero) is 1. The van der Waals surface area contributed by atoms with Crippen LogP contribution in [-0.4, -0.2) is 22.7 Å². The molecule has 7 heteroatoms. The lowest BCUT2D eigenvalue weighted by Gasteiger charge is -2.37. The lowest BCUT2D eigenvalue weighted by atomic mass is 9.97. The maximum absolute atomic E-state index is 13.2. The lowest BCUT2D eigenvalue weighted by Crippen LogP contribution is -2.45. The number of ether oxygens (including phenoxy) is 1. The van der Waals surface area contributed by atoms with Crippen LogP contribution in [0, 0.1) is 0 Å². The maximum atomic E-state index is 13.2. The highest BCUT2D eigenvalue weighted by Gasteiger charge is 2.43. The van der Waals surface area contributed by atoms with E-state index in [0.29, 0.717) is 27.8 Å². The Balaban J connectivity index is 1.57. The third kappa shape index (κ3) is 3.00. The van der Waals surface area contributed by atoms with Gasteiger partial charge in [0, 0.05) is 27.6 Å². The molecule has 0 aliphatic carbocycles. The van der Waals surface area contributed by atoms with Crippen molar-refractivity contribution in [1.29, 1.82) is 0 Å². The number of rotatable bonds is 3. The van der Waals surface area contributed by atoms with Gasteiger partial charge in [-0.05, 0) is 53.9 Å². The SMILES string of the molecule is O=C(c1ccc(Cl)cc1)[C@H]1Oc2ccc(Cl)cc2[C@H]2CC(c3cccs3)=NN12. The summed E-state index contributed by atoms with van der Waals surface area (Å²) in [5.74, 6) is 0.513. The highest BCUT2D eigenvalue weighted by Crippen LogP contribution is 2.44. The number of hydrazone groups is 1. The highest BCUT2D eigenvalue weighted by atomic mass is 35.5. The van der Waals surface area contributed by atoms with Gasteiger partial charge < -0.3 is 4.74 Å². The Morgan fingerprint density at radius 3 is 2.64 bits per heavy atom. The van der Waals surface area contributed by atoms with Gasteiger partial charge in [0.25, 0.3) is 6.23 Å². The second-order valence-corrected chi connectivity index (χ2v) is 8.47. The fourth-order valence-electron chi connectivity index (χ4n) is 3.58. The molecule has 0 fully saturated rings. The largest absolute Gasteiger partial charge is 0.461 e. The van der Waals surface area contributed by atoms with Crippen LogP contribution in [-0.2, 0) is 0 Å². The van der Waals surface area contributed by atoms with E-state index in [1.165, 1.54) is 0 Å². The van der Waals surface area contributed by atoms with E-state index in [1.54, 1.807) is 46.7 Å². The topological polar surface area (TPSA) is 41.9 Å². The van der Waals surface area contributed by atoms with Crippen LogP contribution in [0.3, 0.4) is 0 Å². The first-order valence-electron chi connectivity index (χ1n) is 8.76. The third-order valence-electron chi connectivity index (χ3n) is 4.91. The minimum Gasteiger partial charge on any atom is -0.461 e. The molecule has 3 heterocycles. The van der Waals surface area contributed by atoms with Crippen LogP contribution in [0.4, 0.5) is 0 Å². The molecule has 0 saturated carbocycles. The second kappa shape index (κ2) is 6.92.